The number of aliphatic hydroxyl groups is 1. The first-order valence-electron chi connectivity index (χ1n) is 13.9. The van der Waals surface area contributed by atoms with Gasteiger partial charge in [0.15, 0.2) is 0 Å². The molecule has 2 saturated heterocycles. The predicted octanol–water partition coefficient (Wildman–Crippen LogP) is 4.96. The fourth-order valence-electron chi connectivity index (χ4n) is 5.82. The van der Waals surface area contributed by atoms with Crippen LogP contribution in [0.3, 0.4) is 0 Å². The van der Waals surface area contributed by atoms with Gasteiger partial charge in [0.2, 0.25) is 11.8 Å². The number of halogens is 1. The van der Waals surface area contributed by atoms with Crippen molar-refractivity contribution >= 4 is 23.4 Å². The normalized spacial score (nSPS) is 20.1. The van der Waals surface area contributed by atoms with Crippen molar-refractivity contribution in [1.82, 2.24) is 9.80 Å². The Morgan fingerprint density at radius 3 is 2.44 bits per heavy atom. The number of nitrogens with zero attached hydrogens (tertiary/aromatic N) is 2. The quantitative estimate of drug-likeness (QED) is 0.472. The number of carbonyl (C=O) groups excluding carboxylic acids is 2. The second-order valence-electron chi connectivity index (χ2n) is 11.2. The minimum absolute atomic E-state index is 0.0669. The molecule has 4 rings (SSSR count). The first-order valence-corrected chi connectivity index (χ1v) is 14.3. The largest absolute Gasteiger partial charge is 0.496 e. The summed E-state index contributed by atoms with van der Waals surface area (Å²) in [7, 11) is 1.64. The summed E-state index contributed by atoms with van der Waals surface area (Å²) in [5.74, 6) is 1.66. The lowest BCUT2D eigenvalue weighted by Gasteiger charge is -2.43. The fraction of sp³-hybridized carbons (Fsp3) is 0.548. The SMILES string of the molecule is COc1ccccc1CCC(=O)N1CCCC(COc2cc(C)c(Cl)c(C)c2)(CC(=O)N2CCC(O)CC2)C1. The van der Waals surface area contributed by atoms with E-state index in [2.05, 4.69) is 0 Å². The number of aryl methyl sites for hydroxylation is 3. The van der Waals surface area contributed by atoms with Crippen LogP contribution in [0.5, 0.6) is 11.5 Å². The molecule has 1 unspecified atom stereocenters. The van der Waals surface area contributed by atoms with Gasteiger partial charge < -0.3 is 24.4 Å². The first-order chi connectivity index (χ1) is 18.7. The number of hydrogen-bond acceptors (Lipinski definition) is 5. The number of carbonyl (C=O) groups is 2. The van der Waals surface area contributed by atoms with E-state index in [4.69, 9.17) is 21.1 Å². The van der Waals surface area contributed by atoms with Crippen LogP contribution >= 0.6 is 11.6 Å². The van der Waals surface area contributed by atoms with Gasteiger partial charge in [-0.05, 0) is 80.8 Å². The van der Waals surface area contributed by atoms with Crippen molar-refractivity contribution < 1.29 is 24.2 Å². The molecule has 2 aromatic carbocycles. The monoisotopic (exact) mass is 556 g/mol. The van der Waals surface area contributed by atoms with Gasteiger partial charge in [0.1, 0.15) is 11.5 Å². The molecule has 0 aromatic heterocycles. The number of hydrogen-bond donors (Lipinski definition) is 1. The maximum atomic E-state index is 13.5. The van der Waals surface area contributed by atoms with Crippen molar-refractivity contribution in [1.29, 1.82) is 0 Å². The number of ether oxygens (including phenoxy) is 2. The highest BCUT2D eigenvalue weighted by Gasteiger charge is 2.41. The molecular weight excluding hydrogens is 516 g/mol. The summed E-state index contributed by atoms with van der Waals surface area (Å²) in [6, 6.07) is 11.6. The van der Waals surface area contributed by atoms with Gasteiger partial charge in [-0.25, -0.2) is 0 Å². The van der Waals surface area contributed by atoms with E-state index in [0.717, 1.165) is 46.1 Å². The lowest BCUT2D eigenvalue weighted by atomic mass is 9.77. The first kappa shape index (κ1) is 29.2. The summed E-state index contributed by atoms with van der Waals surface area (Å²) in [5.41, 5.74) is 2.41. The average Bonchev–Trinajstić information content (AvgIpc) is 2.94. The molecule has 8 heteroatoms. The standard InChI is InChI=1S/C31H41ClN2O5/c1-22-17-26(18-23(2)30(22)32)39-21-31(19-29(37)33-15-11-25(35)12-16-33)13-6-14-34(20-31)28(36)10-9-24-7-4-5-8-27(24)38-3/h4-5,7-8,17-18,25,35H,6,9-16,19-21H2,1-3H3. The molecule has 1 atom stereocenters. The number of methoxy groups -OCH3 is 1. The molecule has 0 saturated carbocycles. The van der Waals surface area contributed by atoms with Crippen molar-refractivity contribution in [2.75, 3.05) is 39.9 Å². The minimum Gasteiger partial charge on any atom is -0.496 e. The summed E-state index contributed by atoms with van der Waals surface area (Å²) < 4.78 is 11.8. The molecule has 1 N–H and O–H groups in total. The molecule has 0 radical (unpaired) electrons. The zero-order chi connectivity index (χ0) is 28.0. The summed E-state index contributed by atoms with van der Waals surface area (Å²) in [6.07, 6.45) is 3.77. The summed E-state index contributed by atoms with van der Waals surface area (Å²) in [5, 5.41) is 10.6. The molecule has 2 aliphatic rings. The van der Waals surface area contributed by atoms with Crippen LogP contribution < -0.4 is 9.47 Å². The number of para-hydroxylation sites is 1. The second kappa shape index (κ2) is 13.1. The van der Waals surface area contributed by atoms with Crippen LogP contribution in [0.15, 0.2) is 36.4 Å². The Hall–Kier alpha value is -2.77. The molecule has 2 heterocycles. The highest BCUT2D eigenvalue weighted by molar-refractivity contribution is 6.32. The number of likely N-dealkylation sites (tertiary alicyclic amines) is 2. The molecule has 0 aliphatic carbocycles. The van der Waals surface area contributed by atoms with E-state index in [-0.39, 0.29) is 17.9 Å². The molecule has 2 aromatic rings. The second-order valence-corrected chi connectivity index (χ2v) is 11.6. The zero-order valence-corrected chi connectivity index (χ0v) is 24.1. The van der Waals surface area contributed by atoms with E-state index in [1.165, 1.54) is 0 Å². The molecule has 0 spiro atoms. The number of aliphatic hydroxyl groups excluding tert-OH is 1. The summed E-state index contributed by atoms with van der Waals surface area (Å²) in [6.45, 7) is 6.53. The third-order valence-electron chi connectivity index (χ3n) is 8.11. The van der Waals surface area contributed by atoms with Gasteiger partial charge in [0.05, 0.1) is 19.8 Å². The van der Waals surface area contributed by atoms with Crippen molar-refractivity contribution in [3.8, 4) is 11.5 Å². The van der Waals surface area contributed by atoms with E-state index >= 15 is 0 Å². The average molecular weight is 557 g/mol. The van der Waals surface area contributed by atoms with Gasteiger partial charge >= 0.3 is 0 Å². The summed E-state index contributed by atoms with van der Waals surface area (Å²) >= 11 is 6.36. The van der Waals surface area contributed by atoms with Gasteiger partial charge in [-0.1, -0.05) is 29.8 Å². The van der Waals surface area contributed by atoms with Crippen molar-refractivity contribution in [3.05, 3.63) is 58.1 Å². The molecule has 2 aliphatic heterocycles. The summed E-state index contributed by atoms with van der Waals surface area (Å²) in [4.78, 5) is 30.6. The van der Waals surface area contributed by atoms with Crippen LogP contribution in [-0.2, 0) is 16.0 Å². The number of piperidine rings is 2. The topological polar surface area (TPSA) is 79.3 Å². The Labute approximate surface area is 237 Å². The van der Waals surface area contributed by atoms with Crippen LogP contribution in [0.2, 0.25) is 5.02 Å². The molecule has 0 bridgehead atoms. The van der Waals surface area contributed by atoms with E-state index in [1.54, 1.807) is 7.11 Å². The van der Waals surface area contributed by atoms with Gasteiger partial charge in [0, 0.05) is 49.5 Å². The van der Waals surface area contributed by atoms with Crippen LogP contribution in [0.1, 0.15) is 55.2 Å². The third kappa shape index (κ3) is 7.46. The number of benzene rings is 2. The molecule has 39 heavy (non-hydrogen) atoms. The number of rotatable bonds is 9. The molecule has 7 nitrogen and oxygen atoms in total. The van der Waals surface area contributed by atoms with Crippen LogP contribution in [0.25, 0.3) is 0 Å². The van der Waals surface area contributed by atoms with Crippen LogP contribution in [0.4, 0.5) is 0 Å². The Morgan fingerprint density at radius 1 is 1.05 bits per heavy atom. The lowest BCUT2D eigenvalue weighted by Crippen LogP contribution is -2.51. The highest BCUT2D eigenvalue weighted by Crippen LogP contribution is 2.37. The van der Waals surface area contributed by atoms with E-state index in [1.807, 2.05) is 60.0 Å². The highest BCUT2D eigenvalue weighted by atomic mass is 35.5. The zero-order valence-electron chi connectivity index (χ0n) is 23.4. The van der Waals surface area contributed by atoms with Crippen molar-refractivity contribution in [2.45, 2.75) is 64.9 Å². The van der Waals surface area contributed by atoms with Crippen LogP contribution in [-0.4, -0.2) is 72.7 Å². The lowest BCUT2D eigenvalue weighted by molar-refractivity contribution is -0.142. The minimum atomic E-state index is -0.493. The Morgan fingerprint density at radius 2 is 1.74 bits per heavy atom. The maximum Gasteiger partial charge on any atom is 0.223 e. The molecule has 2 amide bonds. The van der Waals surface area contributed by atoms with Crippen LogP contribution in [0, 0.1) is 19.3 Å². The predicted molar refractivity (Wildman–Crippen MR) is 152 cm³/mol. The number of amides is 2. The Kier molecular flexibility index (Phi) is 9.78. The van der Waals surface area contributed by atoms with E-state index in [9.17, 15) is 14.7 Å². The van der Waals surface area contributed by atoms with Crippen molar-refractivity contribution in [3.63, 3.8) is 0 Å². The van der Waals surface area contributed by atoms with Gasteiger partial charge in [-0.15, -0.1) is 0 Å². The van der Waals surface area contributed by atoms with Crippen molar-refractivity contribution in [2.24, 2.45) is 5.41 Å². The van der Waals surface area contributed by atoms with E-state index < -0.39 is 5.41 Å². The molecule has 2 fully saturated rings. The Balaban J connectivity index is 1.48. The van der Waals surface area contributed by atoms with Gasteiger partial charge in [-0.3, -0.25) is 9.59 Å². The fourth-order valence-corrected chi connectivity index (χ4v) is 5.93. The maximum absolute atomic E-state index is 13.5. The molecule has 212 valence electrons. The van der Waals surface area contributed by atoms with Gasteiger partial charge in [0.25, 0.3) is 0 Å². The van der Waals surface area contributed by atoms with E-state index in [0.29, 0.717) is 64.9 Å². The third-order valence-corrected chi connectivity index (χ3v) is 8.71. The van der Waals surface area contributed by atoms with Gasteiger partial charge in [-0.2, -0.15) is 0 Å². The molecular formula is C31H41ClN2O5. The smallest absolute Gasteiger partial charge is 0.223 e. The Bertz CT molecular complexity index is 1140.